The summed E-state index contributed by atoms with van der Waals surface area (Å²) in [6, 6.07) is 7.23. The Morgan fingerprint density at radius 2 is 2.09 bits per heavy atom. The Morgan fingerprint density at radius 3 is 2.88 bits per heavy atom. The van der Waals surface area contributed by atoms with Gasteiger partial charge in [0.15, 0.2) is 5.65 Å². The van der Waals surface area contributed by atoms with Crippen molar-refractivity contribution in [3.63, 3.8) is 0 Å². The highest BCUT2D eigenvalue weighted by Gasteiger charge is 2.32. The van der Waals surface area contributed by atoms with E-state index in [-0.39, 0.29) is 24.6 Å². The number of aromatic nitrogens is 4. The highest BCUT2D eigenvalue weighted by Crippen LogP contribution is 2.32. The third kappa shape index (κ3) is 3.82. The number of piperidine rings is 1. The van der Waals surface area contributed by atoms with Gasteiger partial charge in [-0.3, -0.25) is 4.79 Å². The molecule has 1 amide bonds. The Kier molecular flexibility index (Phi) is 5.52. The molecule has 168 valence electrons. The largest absolute Gasteiger partial charge is 0.390 e. The van der Waals surface area contributed by atoms with Crippen molar-refractivity contribution in [2.75, 3.05) is 24.5 Å². The molecule has 2 fully saturated rings. The Balaban J connectivity index is 1.46. The van der Waals surface area contributed by atoms with Crippen LogP contribution in [0.15, 0.2) is 30.5 Å². The molecule has 2 atom stereocenters. The van der Waals surface area contributed by atoms with Crippen LogP contribution in [0.4, 0.5) is 5.82 Å². The van der Waals surface area contributed by atoms with E-state index < -0.39 is 0 Å². The van der Waals surface area contributed by atoms with Crippen LogP contribution in [0.25, 0.3) is 5.65 Å². The topological polar surface area (TPSA) is 113 Å². The lowest BCUT2D eigenvalue weighted by atomic mass is 9.99. The maximum atomic E-state index is 13.3. The molecule has 0 bridgehead atoms. The second kappa shape index (κ2) is 8.48. The molecule has 32 heavy (non-hydrogen) atoms. The van der Waals surface area contributed by atoms with Crippen LogP contribution < -0.4 is 10.6 Å². The number of anilines is 1. The van der Waals surface area contributed by atoms with Crippen molar-refractivity contribution in [2.45, 2.75) is 51.3 Å². The number of amides is 1. The van der Waals surface area contributed by atoms with Crippen LogP contribution in [-0.4, -0.2) is 61.2 Å². The van der Waals surface area contributed by atoms with Crippen molar-refractivity contribution in [1.29, 1.82) is 0 Å². The normalized spacial score (nSPS) is 21.5. The summed E-state index contributed by atoms with van der Waals surface area (Å²) in [5.74, 6) is 0.830. The smallest absolute Gasteiger partial charge is 0.273 e. The number of hydrogen-bond donors (Lipinski definition) is 2. The first-order valence-corrected chi connectivity index (χ1v) is 11.3. The standard InChI is InChI=1S/C23H29N7O2/c1-15-12-30-21(26-22(15)28-10-8-16(24)13-28)11-19(27-30)20-7-2-3-9-29(20)23(32)18-6-4-5-17(14-31)25-18/h4-6,11-12,16,20,31H,2-3,7-10,13-14,24H2,1H3/t16?,20-/m0/s1. The zero-order valence-electron chi connectivity index (χ0n) is 18.3. The number of likely N-dealkylation sites (tertiary alicyclic amines) is 1. The predicted octanol–water partition coefficient (Wildman–Crippen LogP) is 1.83. The molecule has 2 saturated heterocycles. The second-order valence-electron chi connectivity index (χ2n) is 8.80. The fourth-order valence-corrected chi connectivity index (χ4v) is 4.80. The van der Waals surface area contributed by atoms with E-state index in [4.69, 9.17) is 15.8 Å². The van der Waals surface area contributed by atoms with Gasteiger partial charge in [0.2, 0.25) is 0 Å². The molecule has 0 saturated carbocycles. The summed E-state index contributed by atoms with van der Waals surface area (Å²) in [5.41, 5.74) is 9.62. The number of pyridine rings is 1. The Morgan fingerprint density at radius 1 is 1.22 bits per heavy atom. The molecule has 0 spiro atoms. The van der Waals surface area contributed by atoms with Crippen LogP contribution in [0.5, 0.6) is 0 Å². The van der Waals surface area contributed by atoms with Gasteiger partial charge in [-0.25, -0.2) is 14.5 Å². The molecule has 9 heteroatoms. The zero-order chi connectivity index (χ0) is 22.2. The lowest BCUT2D eigenvalue weighted by Gasteiger charge is -2.34. The van der Waals surface area contributed by atoms with Gasteiger partial charge >= 0.3 is 0 Å². The number of fused-ring (bicyclic) bond motifs is 1. The molecule has 2 aliphatic heterocycles. The number of hydrogen-bond acceptors (Lipinski definition) is 7. The predicted molar refractivity (Wildman–Crippen MR) is 120 cm³/mol. The monoisotopic (exact) mass is 435 g/mol. The van der Waals surface area contributed by atoms with Crippen LogP contribution in [0.3, 0.4) is 0 Å². The third-order valence-electron chi connectivity index (χ3n) is 6.44. The van der Waals surface area contributed by atoms with Gasteiger partial charge in [0.25, 0.3) is 5.91 Å². The maximum absolute atomic E-state index is 13.3. The van der Waals surface area contributed by atoms with Crippen LogP contribution in [0.1, 0.15) is 59.2 Å². The zero-order valence-corrected chi connectivity index (χ0v) is 18.3. The fraction of sp³-hybridized carbons (Fsp3) is 0.478. The van der Waals surface area contributed by atoms with E-state index >= 15 is 0 Å². The lowest BCUT2D eigenvalue weighted by Crippen LogP contribution is -2.39. The Hall–Kier alpha value is -3.04. The number of aryl methyl sites for hydroxylation is 1. The van der Waals surface area contributed by atoms with E-state index in [1.165, 1.54) is 0 Å². The van der Waals surface area contributed by atoms with E-state index in [0.29, 0.717) is 17.9 Å². The van der Waals surface area contributed by atoms with Gasteiger partial charge in [-0.05, 0) is 44.7 Å². The summed E-state index contributed by atoms with van der Waals surface area (Å²) in [5, 5.41) is 14.2. The minimum Gasteiger partial charge on any atom is -0.390 e. The average molecular weight is 436 g/mol. The lowest BCUT2D eigenvalue weighted by molar-refractivity contribution is 0.0599. The van der Waals surface area contributed by atoms with Gasteiger partial charge in [-0.15, -0.1) is 0 Å². The van der Waals surface area contributed by atoms with Gasteiger partial charge in [-0.2, -0.15) is 5.10 Å². The molecule has 0 radical (unpaired) electrons. The minimum absolute atomic E-state index is 0.124. The highest BCUT2D eigenvalue weighted by atomic mass is 16.3. The Labute approximate surface area is 186 Å². The van der Waals surface area contributed by atoms with E-state index in [0.717, 1.165) is 61.5 Å². The van der Waals surface area contributed by atoms with Crippen molar-refractivity contribution in [1.82, 2.24) is 24.5 Å². The average Bonchev–Trinajstić information content (AvgIpc) is 3.43. The van der Waals surface area contributed by atoms with Crippen molar-refractivity contribution in [3.05, 3.63) is 53.1 Å². The van der Waals surface area contributed by atoms with Crippen molar-refractivity contribution < 1.29 is 9.90 Å². The molecule has 2 aliphatic rings. The second-order valence-corrected chi connectivity index (χ2v) is 8.80. The quantitative estimate of drug-likeness (QED) is 0.643. The van der Waals surface area contributed by atoms with Gasteiger partial charge < -0.3 is 20.6 Å². The van der Waals surface area contributed by atoms with E-state index in [1.807, 2.05) is 28.6 Å². The van der Waals surface area contributed by atoms with Crippen LogP contribution in [0, 0.1) is 6.92 Å². The number of carbonyl (C=O) groups is 1. The summed E-state index contributed by atoms with van der Waals surface area (Å²) in [6.45, 7) is 4.24. The van der Waals surface area contributed by atoms with E-state index in [9.17, 15) is 9.90 Å². The minimum atomic E-state index is -0.188. The van der Waals surface area contributed by atoms with Crippen molar-refractivity contribution in [3.8, 4) is 0 Å². The Bertz CT molecular complexity index is 1140. The SMILES string of the molecule is Cc1cn2nc([C@@H]3CCCCN3C(=O)c3cccc(CO)n3)cc2nc1N1CCC(N)C1. The van der Waals surface area contributed by atoms with Crippen LogP contribution >= 0.6 is 0 Å². The van der Waals surface area contributed by atoms with Gasteiger partial charge in [0, 0.05) is 43.5 Å². The fourth-order valence-electron chi connectivity index (χ4n) is 4.80. The van der Waals surface area contributed by atoms with Crippen LogP contribution in [-0.2, 0) is 6.61 Å². The van der Waals surface area contributed by atoms with E-state index in [2.05, 4.69) is 9.88 Å². The van der Waals surface area contributed by atoms with Gasteiger partial charge in [-0.1, -0.05) is 6.07 Å². The number of aliphatic hydroxyl groups is 1. The highest BCUT2D eigenvalue weighted by molar-refractivity contribution is 5.92. The summed E-state index contributed by atoms with van der Waals surface area (Å²) in [6.07, 6.45) is 5.82. The molecule has 3 aromatic rings. The molecule has 5 heterocycles. The summed E-state index contributed by atoms with van der Waals surface area (Å²) < 4.78 is 1.81. The van der Waals surface area contributed by atoms with Crippen molar-refractivity contribution >= 4 is 17.4 Å². The molecule has 5 rings (SSSR count). The first-order chi connectivity index (χ1) is 15.5. The number of aliphatic hydroxyl groups excluding tert-OH is 1. The molecule has 9 nitrogen and oxygen atoms in total. The summed E-state index contributed by atoms with van der Waals surface area (Å²) in [7, 11) is 0. The van der Waals surface area contributed by atoms with E-state index in [1.54, 1.807) is 18.2 Å². The maximum Gasteiger partial charge on any atom is 0.273 e. The number of carbonyl (C=O) groups excluding carboxylic acids is 1. The summed E-state index contributed by atoms with van der Waals surface area (Å²) in [4.78, 5) is 26.6. The van der Waals surface area contributed by atoms with Crippen molar-refractivity contribution in [2.24, 2.45) is 5.73 Å². The van der Waals surface area contributed by atoms with Crippen LogP contribution in [0.2, 0.25) is 0 Å². The third-order valence-corrected chi connectivity index (χ3v) is 6.44. The summed E-state index contributed by atoms with van der Waals surface area (Å²) >= 11 is 0. The molecular weight excluding hydrogens is 406 g/mol. The molecule has 0 aliphatic carbocycles. The molecular formula is C23H29N7O2. The van der Waals surface area contributed by atoms with Gasteiger partial charge in [0.05, 0.1) is 24.0 Å². The van der Waals surface area contributed by atoms with Gasteiger partial charge in [0.1, 0.15) is 11.5 Å². The molecule has 0 aromatic carbocycles. The first kappa shape index (κ1) is 20.8. The first-order valence-electron chi connectivity index (χ1n) is 11.3. The number of nitrogens with zero attached hydrogens (tertiary/aromatic N) is 6. The number of rotatable bonds is 4. The molecule has 3 aromatic heterocycles. The number of nitrogens with two attached hydrogens (primary N) is 1. The molecule has 3 N–H and O–H groups in total. The molecule has 1 unspecified atom stereocenters.